The Labute approximate surface area is 97.0 Å². The fourth-order valence-corrected chi connectivity index (χ4v) is 1.26. The number of carbonyl (C=O) groups excluding carboxylic acids is 1. The molecule has 0 saturated carbocycles. The lowest BCUT2D eigenvalue weighted by Crippen LogP contribution is -2.23. The quantitative estimate of drug-likeness (QED) is 0.680. The van der Waals surface area contributed by atoms with Crippen LogP contribution < -0.4 is 10.1 Å². The van der Waals surface area contributed by atoms with Gasteiger partial charge in [0.2, 0.25) is 5.91 Å². The molecular weight excluding hydrogens is 293 g/mol. The summed E-state index contributed by atoms with van der Waals surface area (Å²) in [5.74, 6) is 0.885. The van der Waals surface area contributed by atoms with Gasteiger partial charge in [-0.05, 0) is 17.7 Å². The van der Waals surface area contributed by atoms with Crippen molar-refractivity contribution < 1.29 is 9.53 Å². The Hall–Kier alpha value is -0.780. The monoisotopic (exact) mass is 305 g/mol. The third-order valence-corrected chi connectivity index (χ3v) is 2.46. The first-order valence-corrected chi connectivity index (χ1v) is 5.74. The molecule has 4 heteroatoms. The van der Waals surface area contributed by atoms with E-state index in [0.29, 0.717) is 11.0 Å². The van der Waals surface area contributed by atoms with Crippen LogP contribution in [0.1, 0.15) is 5.56 Å². The summed E-state index contributed by atoms with van der Waals surface area (Å²) in [6, 6.07) is 7.63. The average molecular weight is 305 g/mol. The number of rotatable bonds is 4. The van der Waals surface area contributed by atoms with Crippen LogP contribution in [0, 0.1) is 0 Å². The molecule has 1 aromatic carbocycles. The molecule has 0 aromatic heterocycles. The van der Waals surface area contributed by atoms with Crippen LogP contribution in [0.5, 0.6) is 5.75 Å². The van der Waals surface area contributed by atoms with Gasteiger partial charge in [-0.25, -0.2) is 0 Å². The first-order valence-electron chi connectivity index (χ1n) is 4.22. The molecule has 1 amide bonds. The first kappa shape index (κ1) is 11.3. The molecule has 1 rings (SSSR count). The van der Waals surface area contributed by atoms with E-state index in [4.69, 9.17) is 4.74 Å². The van der Waals surface area contributed by atoms with Gasteiger partial charge in [-0.3, -0.25) is 4.79 Å². The summed E-state index contributed by atoms with van der Waals surface area (Å²) in [6.45, 7) is 0.575. The Balaban J connectivity index is 2.47. The van der Waals surface area contributed by atoms with Crippen LogP contribution in [0.25, 0.3) is 0 Å². The molecule has 3 nitrogen and oxygen atoms in total. The number of hydrogen-bond acceptors (Lipinski definition) is 2. The van der Waals surface area contributed by atoms with Crippen molar-refractivity contribution in [2.75, 3.05) is 11.5 Å². The van der Waals surface area contributed by atoms with Gasteiger partial charge in [-0.1, -0.05) is 34.7 Å². The lowest BCUT2D eigenvalue weighted by Gasteiger charge is -2.04. The number of benzene rings is 1. The SMILES string of the molecule is COc1ccc(CNC(=O)CI)cc1. The Morgan fingerprint density at radius 1 is 1.43 bits per heavy atom. The zero-order chi connectivity index (χ0) is 10.4. The minimum Gasteiger partial charge on any atom is -0.497 e. The molecule has 0 spiro atoms. The topological polar surface area (TPSA) is 38.3 Å². The molecule has 14 heavy (non-hydrogen) atoms. The van der Waals surface area contributed by atoms with Gasteiger partial charge < -0.3 is 10.1 Å². The Bertz CT molecular complexity index is 297. The second kappa shape index (κ2) is 5.85. The number of carbonyl (C=O) groups is 1. The second-order valence-electron chi connectivity index (χ2n) is 2.76. The number of halogens is 1. The smallest absolute Gasteiger partial charge is 0.230 e. The van der Waals surface area contributed by atoms with E-state index in [0.717, 1.165) is 11.3 Å². The van der Waals surface area contributed by atoms with Gasteiger partial charge in [-0.15, -0.1) is 0 Å². The fourth-order valence-electron chi connectivity index (χ4n) is 0.991. The number of methoxy groups -OCH3 is 1. The van der Waals surface area contributed by atoms with Crippen LogP contribution in [-0.2, 0) is 11.3 Å². The third kappa shape index (κ3) is 3.53. The van der Waals surface area contributed by atoms with E-state index in [1.54, 1.807) is 7.11 Å². The predicted molar refractivity (Wildman–Crippen MR) is 63.7 cm³/mol. The highest BCUT2D eigenvalue weighted by molar-refractivity contribution is 14.1. The van der Waals surface area contributed by atoms with Crippen molar-refractivity contribution in [1.29, 1.82) is 0 Å². The standard InChI is InChI=1S/C10H12INO2/c1-14-9-4-2-8(3-5-9)7-12-10(13)6-11/h2-5H,6-7H2,1H3,(H,12,13). The Morgan fingerprint density at radius 3 is 2.57 bits per heavy atom. The van der Waals surface area contributed by atoms with Crippen molar-refractivity contribution in [2.45, 2.75) is 6.54 Å². The van der Waals surface area contributed by atoms with Crippen LogP contribution in [0.15, 0.2) is 24.3 Å². The summed E-state index contributed by atoms with van der Waals surface area (Å²) in [6.07, 6.45) is 0. The zero-order valence-corrected chi connectivity index (χ0v) is 10.1. The summed E-state index contributed by atoms with van der Waals surface area (Å²) in [5.41, 5.74) is 1.07. The van der Waals surface area contributed by atoms with E-state index in [9.17, 15) is 4.79 Å². The first-order chi connectivity index (χ1) is 6.76. The maximum Gasteiger partial charge on any atom is 0.230 e. The Morgan fingerprint density at radius 2 is 2.07 bits per heavy atom. The van der Waals surface area contributed by atoms with Gasteiger partial charge in [0.15, 0.2) is 0 Å². The molecule has 1 aromatic rings. The lowest BCUT2D eigenvalue weighted by molar-refractivity contribution is -0.118. The van der Waals surface area contributed by atoms with Crippen LogP contribution in [0.3, 0.4) is 0 Å². The van der Waals surface area contributed by atoms with E-state index >= 15 is 0 Å². The van der Waals surface area contributed by atoms with Gasteiger partial charge in [0.05, 0.1) is 11.5 Å². The van der Waals surface area contributed by atoms with Crippen molar-refractivity contribution in [1.82, 2.24) is 5.32 Å². The predicted octanol–water partition coefficient (Wildman–Crippen LogP) is 1.75. The second-order valence-corrected chi connectivity index (χ2v) is 3.52. The normalized spacial score (nSPS) is 9.57. The summed E-state index contributed by atoms with van der Waals surface area (Å²) in [4.78, 5) is 11.0. The highest BCUT2D eigenvalue weighted by atomic mass is 127. The maximum absolute atomic E-state index is 11.0. The highest BCUT2D eigenvalue weighted by Gasteiger charge is 1.98. The molecule has 76 valence electrons. The van der Waals surface area contributed by atoms with E-state index < -0.39 is 0 Å². The molecule has 0 unspecified atom stereocenters. The summed E-state index contributed by atoms with van der Waals surface area (Å²) in [7, 11) is 1.63. The maximum atomic E-state index is 11.0. The molecule has 0 fully saturated rings. The molecule has 0 aliphatic rings. The van der Waals surface area contributed by atoms with Crippen molar-refractivity contribution in [3.8, 4) is 5.75 Å². The van der Waals surface area contributed by atoms with Crippen molar-refractivity contribution in [2.24, 2.45) is 0 Å². The van der Waals surface area contributed by atoms with Gasteiger partial charge in [0.1, 0.15) is 5.75 Å². The van der Waals surface area contributed by atoms with Crippen LogP contribution in [0.4, 0.5) is 0 Å². The molecule has 0 radical (unpaired) electrons. The van der Waals surface area contributed by atoms with Gasteiger partial charge >= 0.3 is 0 Å². The van der Waals surface area contributed by atoms with Gasteiger partial charge in [0, 0.05) is 6.54 Å². The van der Waals surface area contributed by atoms with E-state index in [1.165, 1.54) is 0 Å². The molecule has 0 aliphatic carbocycles. The molecule has 0 aliphatic heterocycles. The van der Waals surface area contributed by atoms with Gasteiger partial charge in [0.25, 0.3) is 0 Å². The number of nitrogens with one attached hydrogen (secondary N) is 1. The number of ether oxygens (including phenoxy) is 1. The van der Waals surface area contributed by atoms with Crippen LogP contribution in [0.2, 0.25) is 0 Å². The van der Waals surface area contributed by atoms with Crippen LogP contribution >= 0.6 is 22.6 Å². The molecular formula is C10H12INO2. The molecule has 0 bridgehead atoms. The van der Waals surface area contributed by atoms with Crippen LogP contribution in [-0.4, -0.2) is 17.4 Å². The van der Waals surface area contributed by atoms with Crippen molar-refractivity contribution in [3.05, 3.63) is 29.8 Å². The number of hydrogen-bond donors (Lipinski definition) is 1. The minimum absolute atomic E-state index is 0.0569. The lowest BCUT2D eigenvalue weighted by atomic mass is 10.2. The fraction of sp³-hybridized carbons (Fsp3) is 0.300. The van der Waals surface area contributed by atoms with E-state index in [2.05, 4.69) is 5.32 Å². The molecule has 0 heterocycles. The number of alkyl halides is 1. The van der Waals surface area contributed by atoms with Crippen molar-refractivity contribution >= 4 is 28.5 Å². The van der Waals surface area contributed by atoms with E-state index in [-0.39, 0.29) is 5.91 Å². The number of amides is 1. The summed E-state index contributed by atoms with van der Waals surface area (Å²) < 4.78 is 5.52. The van der Waals surface area contributed by atoms with E-state index in [1.807, 2.05) is 46.9 Å². The summed E-state index contributed by atoms with van der Waals surface area (Å²) >= 11 is 2.04. The third-order valence-electron chi connectivity index (χ3n) is 1.77. The molecule has 0 atom stereocenters. The highest BCUT2D eigenvalue weighted by Crippen LogP contribution is 2.10. The summed E-state index contributed by atoms with van der Waals surface area (Å²) in [5, 5.41) is 2.80. The zero-order valence-electron chi connectivity index (χ0n) is 7.92. The Kier molecular flexibility index (Phi) is 4.72. The van der Waals surface area contributed by atoms with Gasteiger partial charge in [-0.2, -0.15) is 0 Å². The minimum atomic E-state index is 0.0569. The molecule has 0 saturated heterocycles. The largest absolute Gasteiger partial charge is 0.497 e. The molecule has 1 N–H and O–H groups in total. The average Bonchev–Trinajstić information content (AvgIpc) is 2.26. The van der Waals surface area contributed by atoms with Crippen molar-refractivity contribution in [3.63, 3.8) is 0 Å².